The summed E-state index contributed by atoms with van der Waals surface area (Å²) < 4.78 is 10.8. The van der Waals surface area contributed by atoms with E-state index < -0.39 is 0 Å². The van der Waals surface area contributed by atoms with Gasteiger partial charge in [-0.25, -0.2) is 0 Å². The maximum absolute atomic E-state index is 6.36. The Bertz CT molecular complexity index is 812. The van der Waals surface area contributed by atoms with E-state index in [0.717, 1.165) is 18.8 Å². The van der Waals surface area contributed by atoms with Crippen molar-refractivity contribution < 1.29 is 47.1 Å². The number of ether oxygens (including phenoxy) is 1. The third kappa shape index (κ3) is 6.35. The third-order valence-corrected chi connectivity index (χ3v) is 11.1. The molecule has 0 aliphatic rings. The first-order valence-electron chi connectivity index (χ1n) is 9.10. The average molecular weight is 582 g/mol. The molecule has 0 heterocycles. The molecule has 3 aromatic rings. The normalized spacial score (nSPS) is 10.4. The van der Waals surface area contributed by atoms with Crippen LogP contribution in [0.2, 0.25) is 0 Å². The summed E-state index contributed by atoms with van der Waals surface area (Å²) in [6, 6.07) is 30.6. The Morgan fingerprint density at radius 2 is 1.26 bits per heavy atom. The van der Waals surface area contributed by atoms with E-state index in [9.17, 15) is 0 Å². The summed E-state index contributed by atoms with van der Waals surface area (Å²) in [7, 11) is 0. The summed E-state index contributed by atoms with van der Waals surface area (Å²) in [5.74, 6) is 1.13. The summed E-state index contributed by atoms with van der Waals surface area (Å²) >= 11 is -0.506. The van der Waals surface area contributed by atoms with Gasteiger partial charge in [-0.3, -0.25) is 0 Å². The fourth-order valence-electron chi connectivity index (χ4n) is 2.41. The van der Waals surface area contributed by atoms with E-state index in [-0.39, 0.29) is 42.4 Å². The van der Waals surface area contributed by atoms with E-state index in [1.807, 2.05) is 0 Å². The summed E-state index contributed by atoms with van der Waals surface area (Å²) in [5.41, 5.74) is 2.50. The molecular formula is C24H24I2O+2. The molecule has 27 heavy (non-hydrogen) atoms. The molecule has 0 aliphatic heterocycles. The molecule has 0 radical (unpaired) electrons. The molecule has 0 amide bonds. The molecule has 3 aromatic carbocycles. The molecule has 0 unspecified atom stereocenters. The van der Waals surface area contributed by atoms with Crippen LogP contribution in [0.3, 0.4) is 0 Å². The number of aryl methyl sites for hydroxylation is 1. The molecule has 1 nitrogen and oxygen atoms in total. The molecule has 0 saturated heterocycles. The second kappa shape index (κ2) is 10.9. The van der Waals surface area contributed by atoms with Gasteiger partial charge < -0.3 is 4.74 Å². The Morgan fingerprint density at radius 3 is 1.74 bits per heavy atom. The van der Waals surface area contributed by atoms with Crippen LogP contribution in [-0.4, -0.2) is 6.61 Å². The van der Waals surface area contributed by atoms with E-state index in [2.05, 4.69) is 98.8 Å². The van der Waals surface area contributed by atoms with Crippen molar-refractivity contribution in [2.75, 3.05) is 6.61 Å². The SMILES string of the molecule is CCCOC(=C([I+]c1ccccc1)[I+]c1ccccc1)c1ccc(C)cc1. The van der Waals surface area contributed by atoms with Crippen molar-refractivity contribution in [3.63, 3.8) is 0 Å². The molecular weight excluding hydrogens is 558 g/mol. The van der Waals surface area contributed by atoms with Crippen molar-refractivity contribution in [3.8, 4) is 0 Å². The van der Waals surface area contributed by atoms with Crippen LogP contribution < -0.4 is 42.4 Å². The maximum Gasteiger partial charge on any atom is 0.446 e. The second-order valence-corrected chi connectivity index (χ2v) is 13.9. The highest BCUT2D eigenvalue weighted by Gasteiger charge is 2.40. The predicted octanol–water partition coefficient (Wildman–Crippen LogP) is -0.0347. The zero-order valence-electron chi connectivity index (χ0n) is 15.7. The van der Waals surface area contributed by atoms with Crippen molar-refractivity contribution in [1.82, 2.24) is 0 Å². The second-order valence-electron chi connectivity index (χ2n) is 6.08. The molecule has 0 bridgehead atoms. The summed E-state index contributed by atoms with van der Waals surface area (Å²) in [4.78, 5) is 0. The summed E-state index contributed by atoms with van der Waals surface area (Å²) in [6.45, 7) is 5.07. The highest BCUT2D eigenvalue weighted by Crippen LogP contribution is 2.16. The molecule has 0 fully saturated rings. The molecule has 0 atom stereocenters. The number of rotatable bonds is 8. The van der Waals surface area contributed by atoms with Gasteiger partial charge in [-0.05, 0) is 37.6 Å². The van der Waals surface area contributed by atoms with Crippen LogP contribution in [0.5, 0.6) is 0 Å². The Kier molecular flexibility index (Phi) is 8.20. The first-order chi connectivity index (χ1) is 13.3. The smallest absolute Gasteiger partial charge is 0.446 e. The zero-order chi connectivity index (χ0) is 18.9. The first kappa shape index (κ1) is 20.4. The van der Waals surface area contributed by atoms with Gasteiger partial charge in [-0.2, -0.15) is 0 Å². The minimum atomic E-state index is -0.253. The molecule has 0 saturated carbocycles. The van der Waals surface area contributed by atoms with E-state index in [1.165, 1.54) is 18.3 Å². The first-order valence-corrected chi connectivity index (χ1v) is 13.4. The maximum atomic E-state index is 6.36. The van der Waals surface area contributed by atoms with Crippen molar-refractivity contribution in [2.45, 2.75) is 20.3 Å². The predicted molar refractivity (Wildman–Crippen MR) is 105 cm³/mol. The summed E-state index contributed by atoms with van der Waals surface area (Å²) in [5, 5.41) is 0. The van der Waals surface area contributed by atoms with Crippen molar-refractivity contribution in [2.24, 2.45) is 0 Å². The lowest BCUT2D eigenvalue weighted by atomic mass is 10.1. The van der Waals surface area contributed by atoms with Crippen molar-refractivity contribution in [3.05, 3.63) is 105 Å². The van der Waals surface area contributed by atoms with E-state index in [1.54, 1.807) is 1.59 Å². The van der Waals surface area contributed by atoms with Crippen LogP contribution in [0, 0.1) is 14.1 Å². The van der Waals surface area contributed by atoms with Crippen LogP contribution in [0.1, 0.15) is 24.5 Å². The van der Waals surface area contributed by atoms with Crippen LogP contribution in [-0.2, 0) is 4.74 Å². The molecule has 0 aliphatic carbocycles. The van der Waals surface area contributed by atoms with Crippen LogP contribution in [0.25, 0.3) is 5.76 Å². The third-order valence-electron chi connectivity index (χ3n) is 3.79. The number of hydrogen-bond donors (Lipinski definition) is 0. The lowest BCUT2D eigenvalue weighted by Gasteiger charge is -2.07. The van der Waals surface area contributed by atoms with Crippen molar-refractivity contribution >= 4 is 5.76 Å². The average Bonchev–Trinajstić information content (AvgIpc) is 2.71. The van der Waals surface area contributed by atoms with Crippen LogP contribution in [0.4, 0.5) is 0 Å². The van der Waals surface area contributed by atoms with Gasteiger partial charge in [0.25, 0.3) is 0 Å². The fourth-order valence-corrected chi connectivity index (χ4v) is 10.4. The Hall–Kier alpha value is -1.34. The number of halogens is 2. The standard InChI is InChI=1S/C24H24I2O/c1-3-18-27-23(20-16-14-19(2)15-17-20)24(25-21-10-6-4-7-11-21)26-22-12-8-5-9-13-22/h4-17H,3,18H2,1-2H3/q+2. The highest BCUT2D eigenvalue weighted by atomic mass is 127. The van der Waals surface area contributed by atoms with Gasteiger partial charge in [-0.15, -0.1) is 0 Å². The monoisotopic (exact) mass is 582 g/mol. The van der Waals surface area contributed by atoms with Gasteiger partial charge in [-0.1, -0.05) is 73.2 Å². The molecule has 0 spiro atoms. The van der Waals surface area contributed by atoms with Gasteiger partial charge in [0, 0.05) is 5.56 Å². The lowest BCUT2D eigenvalue weighted by Crippen LogP contribution is -3.81. The zero-order valence-corrected chi connectivity index (χ0v) is 20.0. The van der Waals surface area contributed by atoms with E-state index in [0.29, 0.717) is 0 Å². The minimum absolute atomic E-state index is 0.253. The largest absolute Gasteiger partial charge is 0.485 e. The van der Waals surface area contributed by atoms with Gasteiger partial charge in [0.15, 0.2) is 7.14 Å². The van der Waals surface area contributed by atoms with Gasteiger partial charge in [0.1, 0.15) is 0 Å². The molecule has 3 rings (SSSR count). The van der Waals surface area contributed by atoms with Crippen molar-refractivity contribution in [1.29, 1.82) is 0 Å². The Morgan fingerprint density at radius 1 is 0.741 bits per heavy atom. The highest BCUT2D eigenvalue weighted by molar-refractivity contribution is 5.60. The molecule has 138 valence electrons. The topological polar surface area (TPSA) is 9.23 Å². The van der Waals surface area contributed by atoms with Gasteiger partial charge >= 0.3 is 44.0 Å². The Balaban J connectivity index is 2.04. The van der Waals surface area contributed by atoms with E-state index >= 15 is 0 Å². The van der Waals surface area contributed by atoms with Gasteiger partial charge in [0.05, 0.1) is 6.61 Å². The molecule has 3 heteroatoms. The van der Waals surface area contributed by atoms with E-state index in [4.69, 9.17) is 4.74 Å². The number of hydrogen-bond acceptors (Lipinski definition) is 1. The quantitative estimate of drug-likeness (QED) is 0.268. The van der Waals surface area contributed by atoms with Crippen LogP contribution >= 0.6 is 0 Å². The molecule has 0 aromatic heterocycles. The van der Waals surface area contributed by atoms with Crippen LogP contribution in [0.15, 0.2) is 86.5 Å². The lowest BCUT2D eigenvalue weighted by molar-refractivity contribution is -0.763. The summed E-state index contributed by atoms with van der Waals surface area (Å²) in [6.07, 6.45) is 1.02. The van der Waals surface area contributed by atoms with Gasteiger partial charge in [0.2, 0.25) is 5.76 Å². The fraction of sp³-hybridized carbons (Fsp3) is 0.167. The Labute approximate surface area is 183 Å². The molecule has 0 N–H and O–H groups in total. The number of benzene rings is 3. The minimum Gasteiger partial charge on any atom is -0.485 e.